The fraction of sp³-hybridized carbons (Fsp3) is 1.00. The molecule has 0 aliphatic carbocycles. The lowest BCUT2D eigenvalue weighted by atomic mass is 9.87. The van der Waals surface area contributed by atoms with Gasteiger partial charge in [0, 0.05) is 18.6 Å². The summed E-state index contributed by atoms with van der Waals surface area (Å²) >= 11 is 0. The van der Waals surface area contributed by atoms with Gasteiger partial charge in [-0.2, -0.15) is 13.2 Å². The van der Waals surface area contributed by atoms with Crippen molar-refractivity contribution in [2.45, 2.75) is 44.9 Å². The molecule has 0 spiro atoms. The predicted octanol–water partition coefficient (Wildman–Crippen LogP) is 2.26. The van der Waals surface area contributed by atoms with Gasteiger partial charge in [0.2, 0.25) is 0 Å². The molecular weight excluding hydrogens is 217 g/mol. The highest BCUT2D eigenvalue weighted by Gasteiger charge is 2.34. The van der Waals surface area contributed by atoms with Crippen LogP contribution in [-0.4, -0.2) is 43.3 Å². The third-order valence-corrected chi connectivity index (χ3v) is 3.75. The van der Waals surface area contributed by atoms with Crippen molar-refractivity contribution in [3.05, 3.63) is 0 Å². The number of hydrogen-bond donors (Lipinski definition) is 1. The molecule has 3 unspecified atom stereocenters. The van der Waals surface area contributed by atoms with Crippen LogP contribution in [0.5, 0.6) is 0 Å². The fourth-order valence-electron chi connectivity index (χ4n) is 2.43. The minimum atomic E-state index is -4.04. The molecule has 2 nitrogen and oxygen atoms in total. The van der Waals surface area contributed by atoms with Crippen molar-refractivity contribution in [3.8, 4) is 0 Å². The van der Waals surface area contributed by atoms with E-state index >= 15 is 0 Å². The lowest BCUT2D eigenvalue weighted by Crippen LogP contribution is -2.53. The molecule has 0 aromatic rings. The second kappa shape index (κ2) is 5.36. The van der Waals surface area contributed by atoms with Crippen LogP contribution in [0.25, 0.3) is 0 Å². The fourth-order valence-corrected chi connectivity index (χ4v) is 2.43. The number of likely N-dealkylation sites (tertiary alicyclic amines) is 1. The number of halogens is 3. The molecule has 1 fully saturated rings. The van der Waals surface area contributed by atoms with Gasteiger partial charge in [-0.05, 0) is 32.9 Å². The van der Waals surface area contributed by atoms with Crippen molar-refractivity contribution < 1.29 is 13.2 Å². The van der Waals surface area contributed by atoms with Gasteiger partial charge in [0.05, 0.1) is 6.42 Å². The molecule has 3 atom stereocenters. The van der Waals surface area contributed by atoms with Crippen LogP contribution in [0.3, 0.4) is 0 Å². The first kappa shape index (κ1) is 13.8. The first-order chi connectivity index (χ1) is 7.35. The van der Waals surface area contributed by atoms with Gasteiger partial charge in [-0.3, -0.25) is 4.90 Å². The van der Waals surface area contributed by atoms with Crippen molar-refractivity contribution in [1.29, 1.82) is 0 Å². The Bertz CT molecular complexity index is 218. The van der Waals surface area contributed by atoms with Crippen LogP contribution in [0.1, 0.15) is 26.7 Å². The predicted molar refractivity (Wildman–Crippen MR) is 58.3 cm³/mol. The second-order valence-corrected chi connectivity index (χ2v) is 4.68. The van der Waals surface area contributed by atoms with E-state index in [1.165, 1.54) is 0 Å². The van der Waals surface area contributed by atoms with E-state index in [9.17, 15) is 13.2 Å². The Balaban J connectivity index is 2.45. The van der Waals surface area contributed by atoms with Crippen LogP contribution >= 0.6 is 0 Å². The van der Waals surface area contributed by atoms with Gasteiger partial charge in [-0.25, -0.2) is 0 Å². The summed E-state index contributed by atoms with van der Waals surface area (Å²) in [6, 6.07) is 0.644. The topological polar surface area (TPSA) is 15.3 Å². The van der Waals surface area contributed by atoms with Crippen molar-refractivity contribution in [2.75, 3.05) is 20.1 Å². The molecule has 0 aromatic carbocycles. The Labute approximate surface area is 95.2 Å². The lowest BCUT2D eigenvalue weighted by molar-refractivity contribution is -0.140. The quantitative estimate of drug-likeness (QED) is 0.811. The van der Waals surface area contributed by atoms with E-state index in [0.717, 1.165) is 13.0 Å². The summed E-state index contributed by atoms with van der Waals surface area (Å²) < 4.78 is 36.4. The maximum atomic E-state index is 12.1. The molecule has 5 heteroatoms. The summed E-state index contributed by atoms with van der Waals surface area (Å²) in [5.74, 6) is 0.395. The van der Waals surface area contributed by atoms with Crippen molar-refractivity contribution in [3.63, 3.8) is 0 Å². The normalized spacial score (nSPS) is 33.0. The van der Waals surface area contributed by atoms with Crippen LogP contribution in [-0.2, 0) is 0 Å². The molecule has 1 N–H and O–H groups in total. The van der Waals surface area contributed by atoms with Crippen LogP contribution in [0.15, 0.2) is 0 Å². The van der Waals surface area contributed by atoms with E-state index in [1.54, 1.807) is 0 Å². The summed E-state index contributed by atoms with van der Waals surface area (Å²) in [5, 5.41) is 3.23. The smallest absolute Gasteiger partial charge is 0.317 e. The Kier molecular flexibility index (Phi) is 4.62. The van der Waals surface area contributed by atoms with Gasteiger partial charge in [0.25, 0.3) is 0 Å². The number of hydrogen-bond acceptors (Lipinski definition) is 2. The van der Waals surface area contributed by atoms with E-state index in [4.69, 9.17) is 0 Å². The minimum Gasteiger partial charge on any atom is -0.317 e. The molecule has 1 saturated heterocycles. The summed E-state index contributed by atoms with van der Waals surface area (Å²) in [4.78, 5) is 1.95. The first-order valence-corrected chi connectivity index (χ1v) is 5.83. The second-order valence-electron chi connectivity index (χ2n) is 4.68. The van der Waals surface area contributed by atoms with Gasteiger partial charge >= 0.3 is 6.18 Å². The third-order valence-electron chi connectivity index (χ3n) is 3.75. The maximum Gasteiger partial charge on any atom is 0.390 e. The molecule has 96 valence electrons. The number of alkyl halides is 3. The molecule has 0 radical (unpaired) electrons. The van der Waals surface area contributed by atoms with Gasteiger partial charge in [0.15, 0.2) is 0 Å². The average Bonchev–Trinajstić information content (AvgIpc) is 2.19. The summed E-state index contributed by atoms with van der Waals surface area (Å²) in [7, 11) is 1.92. The zero-order valence-electron chi connectivity index (χ0n) is 10.1. The van der Waals surface area contributed by atoms with Gasteiger partial charge < -0.3 is 5.32 Å². The number of nitrogens with one attached hydrogen (secondary N) is 1. The number of nitrogens with zero attached hydrogens (tertiary/aromatic N) is 1. The van der Waals surface area contributed by atoms with Crippen LogP contribution < -0.4 is 5.32 Å². The van der Waals surface area contributed by atoms with E-state index in [0.29, 0.717) is 12.0 Å². The molecule has 0 saturated carbocycles. The van der Waals surface area contributed by atoms with Gasteiger partial charge in [0.1, 0.15) is 0 Å². The Morgan fingerprint density at radius 3 is 2.44 bits per heavy atom. The van der Waals surface area contributed by atoms with Crippen LogP contribution in [0, 0.1) is 5.92 Å². The van der Waals surface area contributed by atoms with Gasteiger partial charge in [-0.15, -0.1) is 0 Å². The molecule has 1 aliphatic heterocycles. The van der Waals surface area contributed by atoms with Crippen molar-refractivity contribution >= 4 is 0 Å². The zero-order chi connectivity index (χ0) is 12.3. The first-order valence-electron chi connectivity index (χ1n) is 5.83. The summed E-state index contributed by atoms with van der Waals surface area (Å²) in [5.41, 5.74) is 0. The monoisotopic (exact) mass is 238 g/mol. The standard InChI is InChI=1S/C11H21F3N2/c1-8-9(2)16(6-4-10(8)15-3)7-5-11(12,13)14/h8-10,15H,4-7H2,1-3H3. The highest BCUT2D eigenvalue weighted by Crippen LogP contribution is 2.26. The minimum absolute atomic E-state index is 0.130. The highest BCUT2D eigenvalue weighted by atomic mass is 19.4. The van der Waals surface area contributed by atoms with Crippen LogP contribution in [0.4, 0.5) is 13.2 Å². The largest absolute Gasteiger partial charge is 0.390 e. The summed E-state index contributed by atoms with van der Waals surface area (Å²) in [6.07, 6.45) is -3.81. The molecular formula is C11H21F3N2. The molecule has 0 amide bonds. The van der Waals surface area contributed by atoms with E-state index < -0.39 is 12.6 Å². The van der Waals surface area contributed by atoms with Crippen molar-refractivity contribution in [1.82, 2.24) is 10.2 Å². The Hall–Kier alpha value is -0.290. The van der Waals surface area contributed by atoms with E-state index in [1.807, 2.05) is 18.9 Å². The molecule has 1 rings (SSSR count). The third kappa shape index (κ3) is 3.63. The van der Waals surface area contributed by atoms with E-state index in [-0.39, 0.29) is 12.6 Å². The summed E-state index contributed by atoms with van der Waals surface area (Å²) in [6.45, 7) is 5.01. The molecule has 1 aliphatic rings. The van der Waals surface area contributed by atoms with Crippen LogP contribution in [0.2, 0.25) is 0 Å². The molecule has 16 heavy (non-hydrogen) atoms. The zero-order valence-corrected chi connectivity index (χ0v) is 10.1. The molecule has 1 heterocycles. The van der Waals surface area contributed by atoms with Crippen molar-refractivity contribution in [2.24, 2.45) is 5.92 Å². The SMILES string of the molecule is CNC1CCN(CCC(F)(F)F)C(C)C1C. The number of piperidine rings is 1. The molecule has 0 bridgehead atoms. The molecule has 0 aromatic heterocycles. The Morgan fingerprint density at radius 1 is 1.31 bits per heavy atom. The van der Waals surface area contributed by atoms with Gasteiger partial charge in [-0.1, -0.05) is 6.92 Å². The Morgan fingerprint density at radius 2 is 1.94 bits per heavy atom. The number of rotatable bonds is 3. The average molecular weight is 238 g/mol. The maximum absolute atomic E-state index is 12.1. The highest BCUT2D eigenvalue weighted by molar-refractivity contribution is 4.88. The van der Waals surface area contributed by atoms with E-state index in [2.05, 4.69) is 12.2 Å². The lowest BCUT2D eigenvalue weighted by Gasteiger charge is -2.42.